The lowest BCUT2D eigenvalue weighted by molar-refractivity contribution is 0.335. The first-order valence-electron chi connectivity index (χ1n) is 6.27. The molecule has 1 aromatic rings. The van der Waals surface area contributed by atoms with E-state index in [9.17, 15) is 0 Å². The smallest absolute Gasteiger partial charge is 0.140 e. The van der Waals surface area contributed by atoms with E-state index in [0.29, 0.717) is 12.0 Å². The Morgan fingerprint density at radius 3 is 3.12 bits per heavy atom. The number of nitrogens with one attached hydrogen (secondary N) is 1. The molecule has 4 heteroatoms. The van der Waals surface area contributed by atoms with Gasteiger partial charge in [-0.05, 0) is 59.7 Å². The molecular weight excluding hydrogens is 278 g/mol. The maximum Gasteiger partial charge on any atom is 0.140 e. The third-order valence-electron chi connectivity index (χ3n) is 3.46. The topological polar surface area (TPSA) is 50.9 Å². The summed E-state index contributed by atoms with van der Waals surface area (Å²) in [6, 6.07) is 2.40. The number of nitrogens with zero attached hydrogens (tertiary/aromatic N) is 1. The second-order valence-electron chi connectivity index (χ2n) is 4.96. The van der Waals surface area contributed by atoms with Gasteiger partial charge in [0.15, 0.2) is 0 Å². The summed E-state index contributed by atoms with van der Waals surface area (Å²) in [6.07, 6.45) is 6.70. The van der Waals surface area contributed by atoms with Crippen molar-refractivity contribution in [1.82, 2.24) is 4.98 Å². The first kappa shape index (κ1) is 12.8. The molecule has 1 aromatic heterocycles. The normalized spacial score (nSPS) is 24.6. The van der Waals surface area contributed by atoms with Crippen molar-refractivity contribution >= 4 is 21.7 Å². The predicted octanol–water partition coefficient (Wildman–Crippen LogP) is 3.08. The van der Waals surface area contributed by atoms with Gasteiger partial charge in [-0.15, -0.1) is 0 Å². The third kappa shape index (κ3) is 3.42. The summed E-state index contributed by atoms with van der Waals surface area (Å²) in [5.41, 5.74) is 7.21. The van der Waals surface area contributed by atoms with Gasteiger partial charge in [0.1, 0.15) is 5.82 Å². The van der Waals surface area contributed by atoms with Gasteiger partial charge in [-0.3, -0.25) is 0 Å². The summed E-state index contributed by atoms with van der Waals surface area (Å²) >= 11 is 3.57. The van der Waals surface area contributed by atoms with Gasteiger partial charge < -0.3 is 11.1 Å². The van der Waals surface area contributed by atoms with E-state index in [2.05, 4.69) is 33.2 Å². The second kappa shape index (κ2) is 5.83. The summed E-state index contributed by atoms with van der Waals surface area (Å²) < 4.78 is 1.07. The Kier molecular flexibility index (Phi) is 4.40. The number of hydrogen-bond donors (Lipinski definition) is 2. The number of nitrogens with two attached hydrogens (primary N) is 1. The van der Waals surface area contributed by atoms with Crippen LogP contribution in [-0.2, 0) is 0 Å². The first-order chi connectivity index (χ1) is 8.16. The molecule has 1 aliphatic rings. The quantitative estimate of drug-likeness (QED) is 0.901. The standard InChI is InChI=1S/C13H20BrN3/c1-9-5-6-16-13(12(9)14)17-8-10-3-2-4-11(15)7-10/h5-6,10-11H,2-4,7-8,15H2,1H3,(H,16,17). The highest BCUT2D eigenvalue weighted by Crippen LogP contribution is 2.26. The molecule has 1 heterocycles. The number of aromatic nitrogens is 1. The van der Waals surface area contributed by atoms with Crippen LogP contribution < -0.4 is 11.1 Å². The third-order valence-corrected chi connectivity index (χ3v) is 4.46. The zero-order valence-electron chi connectivity index (χ0n) is 10.2. The van der Waals surface area contributed by atoms with Gasteiger partial charge in [-0.1, -0.05) is 6.42 Å². The van der Waals surface area contributed by atoms with Crippen molar-refractivity contribution in [3.63, 3.8) is 0 Å². The Bertz CT molecular complexity index is 381. The van der Waals surface area contributed by atoms with Crippen LogP contribution in [0.3, 0.4) is 0 Å². The Morgan fingerprint density at radius 2 is 2.35 bits per heavy atom. The largest absolute Gasteiger partial charge is 0.369 e. The summed E-state index contributed by atoms with van der Waals surface area (Å²) in [4.78, 5) is 4.35. The van der Waals surface area contributed by atoms with E-state index in [4.69, 9.17) is 5.73 Å². The monoisotopic (exact) mass is 297 g/mol. The molecule has 0 saturated heterocycles. The fraction of sp³-hybridized carbons (Fsp3) is 0.615. The van der Waals surface area contributed by atoms with Gasteiger partial charge >= 0.3 is 0 Å². The summed E-state index contributed by atoms with van der Waals surface area (Å²) in [7, 11) is 0. The van der Waals surface area contributed by atoms with Crippen molar-refractivity contribution in [3.05, 3.63) is 22.3 Å². The molecule has 2 unspecified atom stereocenters. The van der Waals surface area contributed by atoms with Crippen LogP contribution in [0.1, 0.15) is 31.2 Å². The zero-order chi connectivity index (χ0) is 12.3. The molecule has 0 aromatic carbocycles. The van der Waals surface area contributed by atoms with Crippen LogP contribution in [0.15, 0.2) is 16.7 Å². The zero-order valence-corrected chi connectivity index (χ0v) is 11.8. The molecule has 17 heavy (non-hydrogen) atoms. The number of aryl methyl sites for hydroxylation is 1. The van der Waals surface area contributed by atoms with Crippen molar-refractivity contribution in [2.45, 2.75) is 38.6 Å². The summed E-state index contributed by atoms with van der Waals surface area (Å²) in [5, 5.41) is 3.43. The highest BCUT2D eigenvalue weighted by atomic mass is 79.9. The lowest BCUT2D eigenvalue weighted by atomic mass is 9.86. The number of anilines is 1. The van der Waals surface area contributed by atoms with E-state index < -0.39 is 0 Å². The van der Waals surface area contributed by atoms with Gasteiger partial charge in [0.25, 0.3) is 0 Å². The van der Waals surface area contributed by atoms with Crippen LogP contribution in [0.2, 0.25) is 0 Å². The molecule has 94 valence electrons. The van der Waals surface area contributed by atoms with Gasteiger partial charge in [0.05, 0.1) is 4.47 Å². The van der Waals surface area contributed by atoms with Crippen LogP contribution in [-0.4, -0.2) is 17.6 Å². The number of hydrogen-bond acceptors (Lipinski definition) is 3. The van der Waals surface area contributed by atoms with Crippen molar-refractivity contribution in [1.29, 1.82) is 0 Å². The van der Waals surface area contributed by atoms with Crippen molar-refractivity contribution in [2.75, 3.05) is 11.9 Å². The van der Waals surface area contributed by atoms with E-state index >= 15 is 0 Å². The average molecular weight is 298 g/mol. The van der Waals surface area contributed by atoms with Gasteiger partial charge in [0, 0.05) is 18.8 Å². The second-order valence-corrected chi connectivity index (χ2v) is 5.76. The maximum atomic E-state index is 6.00. The van der Waals surface area contributed by atoms with Gasteiger partial charge in [0.2, 0.25) is 0 Å². The molecular formula is C13H20BrN3. The predicted molar refractivity (Wildman–Crippen MR) is 75.1 cm³/mol. The van der Waals surface area contributed by atoms with E-state index in [1.807, 2.05) is 12.3 Å². The lowest BCUT2D eigenvalue weighted by Gasteiger charge is -2.27. The molecule has 3 N–H and O–H groups in total. The molecule has 2 rings (SSSR count). The molecule has 0 amide bonds. The van der Waals surface area contributed by atoms with Crippen LogP contribution in [0.5, 0.6) is 0 Å². The van der Waals surface area contributed by atoms with E-state index in [-0.39, 0.29) is 0 Å². The van der Waals surface area contributed by atoms with Crippen LogP contribution in [0, 0.1) is 12.8 Å². The van der Waals surface area contributed by atoms with Crippen LogP contribution in [0.25, 0.3) is 0 Å². The molecule has 0 bridgehead atoms. The average Bonchev–Trinajstić information content (AvgIpc) is 2.31. The number of pyridine rings is 1. The van der Waals surface area contributed by atoms with E-state index in [1.165, 1.54) is 24.8 Å². The molecule has 1 fully saturated rings. The summed E-state index contributed by atoms with van der Waals surface area (Å²) in [6.45, 7) is 3.05. The fourth-order valence-electron chi connectivity index (χ4n) is 2.42. The minimum absolute atomic E-state index is 0.393. The van der Waals surface area contributed by atoms with Gasteiger partial charge in [-0.2, -0.15) is 0 Å². The van der Waals surface area contributed by atoms with Crippen molar-refractivity contribution in [2.24, 2.45) is 11.7 Å². The lowest BCUT2D eigenvalue weighted by Crippen LogP contribution is -2.31. The van der Waals surface area contributed by atoms with Crippen LogP contribution in [0.4, 0.5) is 5.82 Å². The molecule has 0 aliphatic heterocycles. The van der Waals surface area contributed by atoms with Gasteiger partial charge in [-0.25, -0.2) is 4.98 Å². The SMILES string of the molecule is Cc1ccnc(NCC2CCCC(N)C2)c1Br. The maximum absolute atomic E-state index is 6.00. The van der Waals surface area contributed by atoms with Crippen molar-refractivity contribution in [3.8, 4) is 0 Å². The number of halogens is 1. The molecule has 0 radical (unpaired) electrons. The Balaban J connectivity index is 1.91. The molecule has 0 spiro atoms. The van der Waals surface area contributed by atoms with Crippen LogP contribution >= 0.6 is 15.9 Å². The summed E-state index contributed by atoms with van der Waals surface area (Å²) in [5.74, 6) is 1.64. The van der Waals surface area contributed by atoms with Crippen molar-refractivity contribution < 1.29 is 0 Å². The van der Waals surface area contributed by atoms with E-state index in [0.717, 1.165) is 23.3 Å². The Labute approximate surface area is 111 Å². The minimum Gasteiger partial charge on any atom is -0.369 e. The minimum atomic E-state index is 0.393. The molecule has 3 nitrogen and oxygen atoms in total. The molecule has 2 atom stereocenters. The highest BCUT2D eigenvalue weighted by Gasteiger charge is 2.19. The highest BCUT2D eigenvalue weighted by molar-refractivity contribution is 9.10. The molecule has 1 saturated carbocycles. The molecule has 1 aliphatic carbocycles. The Hall–Kier alpha value is -0.610. The van der Waals surface area contributed by atoms with E-state index in [1.54, 1.807) is 0 Å². The Morgan fingerprint density at radius 1 is 1.53 bits per heavy atom. The fourth-order valence-corrected chi connectivity index (χ4v) is 2.80. The number of rotatable bonds is 3. The first-order valence-corrected chi connectivity index (χ1v) is 7.06.